The van der Waals surface area contributed by atoms with Gasteiger partial charge >= 0.3 is 7.72 Å². The molecule has 1 atom stereocenters. The highest BCUT2D eigenvalue weighted by molar-refractivity contribution is 7.74. The van der Waals surface area contributed by atoms with Gasteiger partial charge in [0.25, 0.3) is 0 Å². The van der Waals surface area contributed by atoms with Gasteiger partial charge in [0, 0.05) is 0 Å². The highest BCUT2D eigenvalue weighted by Gasteiger charge is 2.46. The Kier molecular flexibility index (Phi) is 5.57. The van der Waals surface area contributed by atoms with Gasteiger partial charge in [-0.2, -0.15) is 0 Å². The number of para-hydroxylation sites is 1. The van der Waals surface area contributed by atoms with Crippen molar-refractivity contribution in [3.8, 4) is 17.2 Å². The summed E-state index contributed by atoms with van der Waals surface area (Å²) >= 11 is 0. The van der Waals surface area contributed by atoms with E-state index in [9.17, 15) is 0 Å². The molecule has 3 aromatic carbocycles. The summed E-state index contributed by atoms with van der Waals surface area (Å²) in [5.41, 5.74) is 0. The standard InChI is InChI=1S/C21H22O3P/c1-3-25(21-12-8-5-9-13-21,23-19-10-6-4-7-11-19)24-20-16-14-18(22-2)15-17-20/h4-17H,3H2,1-2H3/q+1. The Labute approximate surface area is 149 Å². The maximum absolute atomic E-state index is 6.47. The third-order valence-electron chi connectivity index (χ3n) is 3.87. The van der Waals surface area contributed by atoms with E-state index in [0.29, 0.717) is 0 Å². The molecule has 0 aliphatic rings. The Morgan fingerprint density at radius 2 is 1.12 bits per heavy atom. The van der Waals surface area contributed by atoms with E-state index >= 15 is 0 Å². The molecule has 4 heteroatoms. The second-order valence-electron chi connectivity index (χ2n) is 5.50. The first kappa shape index (κ1) is 17.3. The average Bonchev–Trinajstić information content (AvgIpc) is 2.69. The Balaban J connectivity index is 1.97. The smallest absolute Gasteiger partial charge is 0.396 e. The predicted octanol–water partition coefficient (Wildman–Crippen LogP) is 5.35. The molecule has 0 heterocycles. The van der Waals surface area contributed by atoms with Crippen LogP contribution in [0.3, 0.4) is 0 Å². The van der Waals surface area contributed by atoms with E-state index in [1.165, 1.54) is 0 Å². The molecule has 0 saturated carbocycles. The minimum atomic E-state index is -2.34. The maximum atomic E-state index is 6.47. The predicted molar refractivity (Wildman–Crippen MR) is 104 cm³/mol. The summed E-state index contributed by atoms with van der Waals surface area (Å²) in [5.74, 6) is 2.39. The fourth-order valence-electron chi connectivity index (χ4n) is 2.55. The molecular weight excluding hydrogens is 331 g/mol. The molecule has 0 fully saturated rings. The van der Waals surface area contributed by atoms with Gasteiger partial charge in [-0.05, 0) is 55.5 Å². The van der Waals surface area contributed by atoms with E-state index in [0.717, 1.165) is 28.7 Å². The molecule has 0 saturated heterocycles. The van der Waals surface area contributed by atoms with Gasteiger partial charge in [0.05, 0.1) is 7.11 Å². The fraction of sp³-hybridized carbons (Fsp3) is 0.143. The van der Waals surface area contributed by atoms with Crippen LogP contribution in [0.25, 0.3) is 0 Å². The van der Waals surface area contributed by atoms with Crippen LogP contribution in [0.1, 0.15) is 6.92 Å². The van der Waals surface area contributed by atoms with E-state index in [1.807, 2.05) is 72.8 Å². The van der Waals surface area contributed by atoms with Crippen molar-refractivity contribution in [2.45, 2.75) is 6.92 Å². The first-order chi connectivity index (χ1) is 12.3. The maximum Gasteiger partial charge on any atom is 0.396 e. The number of hydrogen-bond acceptors (Lipinski definition) is 3. The van der Waals surface area contributed by atoms with E-state index in [-0.39, 0.29) is 0 Å². The van der Waals surface area contributed by atoms with E-state index < -0.39 is 7.72 Å². The molecule has 25 heavy (non-hydrogen) atoms. The van der Waals surface area contributed by atoms with Crippen LogP contribution in [-0.4, -0.2) is 13.3 Å². The van der Waals surface area contributed by atoms with Crippen LogP contribution in [0.2, 0.25) is 0 Å². The minimum Gasteiger partial charge on any atom is -0.497 e. The second-order valence-corrected chi connectivity index (χ2v) is 8.36. The molecule has 3 nitrogen and oxygen atoms in total. The van der Waals surface area contributed by atoms with Crippen LogP contribution in [-0.2, 0) is 0 Å². The molecule has 0 aliphatic heterocycles. The molecule has 1 unspecified atom stereocenters. The van der Waals surface area contributed by atoms with E-state index in [1.54, 1.807) is 7.11 Å². The molecule has 0 radical (unpaired) electrons. The highest BCUT2D eigenvalue weighted by Crippen LogP contribution is 2.58. The molecule has 0 amide bonds. The number of methoxy groups -OCH3 is 1. The first-order valence-electron chi connectivity index (χ1n) is 8.28. The van der Waals surface area contributed by atoms with Crippen LogP contribution in [0.5, 0.6) is 17.2 Å². The molecule has 128 valence electrons. The summed E-state index contributed by atoms with van der Waals surface area (Å²) in [7, 11) is -0.683. The van der Waals surface area contributed by atoms with Gasteiger partial charge in [-0.15, -0.1) is 0 Å². The first-order valence-corrected chi connectivity index (χ1v) is 10.1. The lowest BCUT2D eigenvalue weighted by Gasteiger charge is -2.23. The van der Waals surface area contributed by atoms with Crippen LogP contribution in [0.4, 0.5) is 0 Å². The van der Waals surface area contributed by atoms with Crippen molar-refractivity contribution < 1.29 is 13.8 Å². The Hall–Kier alpha value is -2.51. The molecule has 0 N–H and O–H groups in total. The van der Waals surface area contributed by atoms with Crippen LogP contribution < -0.4 is 19.1 Å². The Bertz CT molecular complexity index is 775. The summed E-state index contributed by atoms with van der Waals surface area (Å²) in [6, 6.07) is 27.7. The van der Waals surface area contributed by atoms with Crippen molar-refractivity contribution in [1.29, 1.82) is 0 Å². The lowest BCUT2D eigenvalue weighted by molar-refractivity contribution is 0.413. The highest BCUT2D eigenvalue weighted by atomic mass is 31.2. The van der Waals surface area contributed by atoms with Crippen LogP contribution >= 0.6 is 7.72 Å². The second kappa shape index (κ2) is 8.04. The van der Waals surface area contributed by atoms with Crippen LogP contribution in [0, 0.1) is 0 Å². The summed E-state index contributed by atoms with van der Waals surface area (Å²) in [5, 5.41) is 1.08. The van der Waals surface area contributed by atoms with Gasteiger partial charge in [-0.3, -0.25) is 0 Å². The van der Waals surface area contributed by atoms with E-state index in [4.69, 9.17) is 13.8 Å². The normalized spacial score (nSPS) is 12.9. The third-order valence-corrected chi connectivity index (χ3v) is 6.80. The van der Waals surface area contributed by atoms with Gasteiger partial charge < -0.3 is 13.8 Å². The lowest BCUT2D eigenvalue weighted by Crippen LogP contribution is -2.23. The van der Waals surface area contributed by atoms with Gasteiger partial charge in [-0.25, -0.2) is 0 Å². The van der Waals surface area contributed by atoms with Gasteiger partial charge in [-0.1, -0.05) is 36.4 Å². The molecule has 3 rings (SSSR count). The largest absolute Gasteiger partial charge is 0.497 e. The Morgan fingerprint density at radius 1 is 0.640 bits per heavy atom. The molecular formula is C21H22O3P+. The SMILES string of the molecule is CC[P+](Oc1ccccc1)(Oc1ccc(OC)cc1)c1ccccc1. The summed E-state index contributed by atoms with van der Waals surface area (Å²) in [4.78, 5) is 0. The zero-order valence-electron chi connectivity index (χ0n) is 14.5. The number of hydrogen-bond donors (Lipinski definition) is 0. The monoisotopic (exact) mass is 353 g/mol. The average molecular weight is 353 g/mol. The van der Waals surface area contributed by atoms with Gasteiger partial charge in [0.1, 0.15) is 11.9 Å². The van der Waals surface area contributed by atoms with Crippen molar-refractivity contribution in [3.63, 3.8) is 0 Å². The van der Waals surface area contributed by atoms with Crippen LogP contribution in [0.15, 0.2) is 84.9 Å². The van der Waals surface area contributed by atoms with E-state index in [2.05, 4.69) is 19.1 Å². The van der Waals surface area contributed by atoms with Gasteiger partial charge in [0.15, 0.2) is 16.8 Å². The zero-order chi connectivity index (χ0) is 17.5. The third kappa shape index (κ3) is 4.12. The summed E-state index contributed by atoms with van der Waals surface area (Å²) < 4.78 is 18.2. The van der Waals surface area contributed by atoms with Crippen molar-refractivity contribution in [3.05, 3.63) is 84.9 Å². The molecule has 0 aromatic heterocycles. The van der Waals surface area contributed by atoms with Crippen molar-refractivity contribution >= 4 is 13.0 Å². The summed E-state index contributed by atoms with van der Waals surface area (Å²) in [6.07, 6.45) is 0.762. The zero-order valence-corrected chi connectivity index (χ0v) is 15.4. The number of rotatable bonds is 7. The molecule has 3 aromatic rings. The quantitative estimate of drug-likeness (QED) is 0.536. The van der Waals surface area contributed by atoms with Crippen molar-refractivity contribution in [2.75, 3.05) is 13.3 Å². The van der Waals surface area contributed by atoms with Crippen molar-refractivity contribution in [1.82, 2.24) is 0 Å². The molecule has 0 spiro atoms. The Morgan fingerprint density at radius 3 is 1.64 bits per heavy atom. The van der Waals surface area contributed by atoms with Crippen molar-refractivity contribution in [2.24, 2.45) is 0 Å². The fourth-order valence-corrected chi connectivity index (χ4v) is 4.97. The summed E-state index contributed by atoms with van der Waals surface area (Å²) in [6.45, 7) is 2.10. The minimum absolute atomic E-state index is 0.762. The van der Waals surface area contributed by atoms with Gasteiger partial charge in [0.2, 0.25) is 0 Å². The number of benzene rings is 3. The number of ether oxygens (including phenoxy) is 1. The molecule has 0 bridgehead atoms. The lowest BCUT2D eigenvalue weighted by atomic mass is 10.3. The topological polar surface area (TPSA) is 27.7 Å². The molecule has 0 aliphatic carbocycles.